The van der Waals surface area contributed by atoms with E-state index >= 15 is 0 Å². The Kier molecular flexibility index (Phi) is 7.15. The highest BCUT2D eigenvalue weighted by Crippen LogP contribution is 2.26. The smallest absolute Gasteiger partial charge is 0.410 e. The summed E-state index contributed by atoms with van der Waals surface area (Å²) < 4.78 is 35.1. The first-order chi connectivity index (χ1) is 13.4. The van der Waals surface area contributed by atoms with Gasteiger partial charge in [-0.3, -0.25) is 0 Å². The molecule has 1 N–H and O–H groups in total. The molecule has 0 radical (unpaired) electrons. The van der Waals surface area contributed by atoms with E-state index in [0.717, 1.165) is 0 Å². The number of likely N-dealkylation sites (N-methyl/N-ethyl adjacent to an activating group) is 1. The molecular formula is C20H24ClNO6S. The van der Waals surface area contributed by atoms with Crippen molar-refractivity contribution in [3.05, 3.63) is 59.1 Å². The monoisotopic (exact) mass is 441 g/mol. The van der Waals surface area contributed by atoms with E-state index in [0.29, 0.717) is 5.56 Å². The van der Waals surface area contributed by atoms with Gasteiger partial charge in [0.15, 0.2) is 0 Å². The topological polar surface area (TPSA) is 93.1 Å². The van der Waals surface area contributed by atoms with Gasteiger partial charge in [0.2, 0.25) is 0 Å². The van der Waals surface area contributed by atoms with Crippen molar-refractivity contribution in [2.24, 2.45) is 0 Å². The molecule has 9 heteroatoms. The third kappa shape index (κ3) is 6.62. The molecule has 29 heavy (non-hydrogen) atoms. The molecule has 0 fully saturated rings. The highest BCUT2D eigenvalue weighted by atomic mass is 35.5. The number of rotatable bonds is 6. The van der Waals surface area contributed by atoms with Gasteiger partial charge in [-0.05, 0) is 50.6 Å². The van der Waals surface area contributed by atoms with Gasteiger partial charge in [-0.25, -0.2) is 4.79 Å². The quantitative estimate of drug-likeness (QED) is 0.681. The highest BCUT2D eigenvalue weighted by molar-refractivity contribution is 7.87. The van der Waals surface area contributed by atoms with E-state index < -0.39 is 27.9 Å². The van der Waals surface area contributed by atoms with Gasteiger partial charge in [0.05, 0.1) is 17.7 Å². The lowest BCUT2D eigenvalue weighted by atomic mass is 10.1. The summed E-state index contributed by atoms with van der Waals surface area (Å²) in [4.78, 5) is 13.1. The maximum absolute atomic E-state index is 12.4. The van der Waals surface area contributed by atoms with Crippen molar-refractivity contribution in [2.75, 3.05) is 13.6 Å². The summed E-state index contributed by atoms with van der Waals surface area (Å²) in [6.07, 6.45) is -1.54. The van der Waals surface area contributed by atoms with Crippen molar-refractivity contribution in [1.82, 2.24) is 4.90 Å². The van der Waals surface area contributed by atoms with Crippen molar-refractivity contribution in [3.63, 3.8) is 0 Å². The number of nitrogens with zero attached hydrogens (tertiary/aromatic N) is 1. The van der Waals surface area contributed by atoms with E-state index in [2.05, 4.69) is 0 Å². The molecule has 2 aromatic carbocycles. The minimum Gasteiger partial charge on any atom is -0.444 e. The number of aliphatic hydroxyl groups is 1. The number of carbonyl (C=O) groups excluding carboxylic acids is 1. The lowest BCUT2D eigenvalue weighted by Gasteiger charge is -2.26. The molecule has 158 valence electrons. The van der Waals surface area contributed by atoms with Gasteiger partial charge in [-0.2, -0.15) is 8.42 Å². The Bertz CT molecular complexity index is 954. The number of aliphatic hydroxyl groups excluding tert-OH is 1. The molecule has 0 aliphatic carbocycles. The SMILES string of the molecule is CN(CC(O)c1ccc(OS(=O)(=O)c2ccccc2Cl)cc1)C(=O)OC(C)(C)C. The van der Waals surface area contributed by atoms with Crippen LogP contribution in [0.3, 0.4) is 0 Å². The zero-order valence-corrected chi connectivity index (χ0v) is 18.2. The molecule has 0 spiro atoms. The van der Waals surface area contributed by atoms with Crippen LogP contribution >= 0.6 is 11.6 Å². The number of hydrogen-bond acceptors (Lipinski definition) is 6. The van der Waals surface area contributed by atoms with Crippen LogP contribution < -0.4 is 4.18 Å². The molecule has 0 saturated heterocycles. The summed E-state index contributed by atoms with van der Waals surface area (Å²) >= 11 is 5.92. The van der Waals surface area contributed by atoms with E-state index in [1.165, 1.54) is 48.3 Å². The van der Waals surface area contributed by atoms with Crippen molar-refractivity contribution in [2.45, 2.75) is 37.4 Å². The molecule has 0 aliphatic heterocycles. The van der Waals surface area contributed by atoms with Crippen LogP contribution in [0, 0.1) is 0 Å². The van der Waals surface area contributed by atoms with Crippen LogP contribution in [0.4, 0.5) is 4.79 Å². The summed E-state index contributed by atoms with van der Waals surface area (Å²) in [5.41, 5.74) is -0.148. The Morgan fingerprint density at radius 1 is 1.14 bits per heavy atom. The lowest BCUT2D eigenvalue weighted by Crippen LogP contribution is -2.36. The lowest BCUT2D eigenvalue weighted by molar-refractivity contribution is 0.0205. The fourth-order valence-corrected chi connectivity index (χ4v) is 3.77. The average Bonchev–Trinajstić information content (AvgIpc) is 2.60. The van der Waals surface area contributed by atoms with Crippen molar-refractivity contribution in [1.29, 1.82) is 0 Å². The second-order valence-electron chi connectivity index (χ2n) is 7.41. The van der Waals surface area contributed by atoms with Crippen LogP contribution in [0.2, 0.25) is 5.02 Å². The van der Waals surface area contributed by atoms with E-state index in [1.807, 2.05) is 0 Å². The van der Waals surface area contributed by atoms with Crippen molar-refractivity contribution >= 4 is 27.8 Å². The Balaban J connectivity index is 2.04. The van der Waals surface area contributed by atoms with Gasteiger partial charge in [0, 0.05) is 7.05 Å². The van der Waals surface area contributed by atoms with Gasteiger partial charge < -0.3 is 18.9 Å². The van der Waals surface area contributed by atoms with Gasteiger partial charge in [-0.15, -0.1) is 0 Å². The Hall–Kier alpha value is -2.29. The molecule has 0 saturated carbocycles. The molecule has 1 amide bonds. The second kappa shape index (κ2) is 9.02. The second-order valence-corrected chi connectivity index (χ2v) is 9.34. The van der Waals surface area contributed by atoms with Crippen LogP contribution in [0.25, 0.3) is 0 Å². The summed E-state index contributed by atoms with van der Waals surface area (Å²) in [5.74, 6) is 0.0707. The summed E-state index contributed by atoms with van der Waals surface area (Å²) in [5, 5.41) is 10.4. The Morgan fingerprint density at radius 3 is 2.28 bits per heavy atom. The Morgan fingerprint density at radius 2 is 1.72 bits per heavy atom. The largest absolute Gasteiger partial charge is 0.444 e. The van der Waals surface area contributed by atoms with Gasteiger partial charge in [0.25, 0.3) is 0 Å². The summed E-state index contributed by atoms with van der Waals surface area (Å²) in [6, 6.07) is 11.8. The number of halogens is 1. The summed E-state index contributed by atoms with van der Waals surface area (Å²) in [6.45, 7) is 5.27. The molecule has 7 nitrogen and oxygen atoms in total. The number of hydrogen-bond donors (Lipinski definition) is 1. The predicted octanol–water partition coefficient (Wildman–Crippen LogP) is 4.01. The first kappa shape index (κ1) is 23.0. The molecule has 2 rings (SSSR count). The van der Waals surface area contributed by atoms with E-state index in [9.17, 15) is 18.3 Å². The van der Waals surface area contributed by atoms with Gasteiger partial charge in [0.1, 0.15) is 16.2 Å². The fourth-order valence-electron chi connectivity index (χ4n) is 2.34. The maximum atomic E-state index is 12.4. The van der Waals surface area contributed by atoms with E-state index in [1.54, 1.807) is 32.9 Å². The third-order valence-electron chi connectivity index (χ3n) is 3.73. The Labute approximate surface area is 175 Å². The number of carbonyl (C=O) groups is 1. The molecule has 0 aromatic heterocycles. The number of benzene rings is 2. The van der Waals surface area contributed by atoms with Crippen LogP contribution in [0.1, 0.15) is 32.4 Å². The normalized spacial score (nSPS) is 12.9. The zero-order valence-electron chi connectivity index (χ0n) is 16.6. The van der Waals surface area contributed by atoms with Crippen LogP contribution in [0.15, 0.2) is 53.4 Å². The summed E-state index contributed by atoms with van der Waals surface area (Å²) in [7, 11) is -2.57. The predicted molar refractivity (Wildman–Crippen MR) is 110 cm³/mol. The molecule has 1 unspecified atom stereocenters. The zero-order chi connectivity index (χ0) is 21.8. The maximum Gasteiger partial charge on any atom is 0.410 e. The molecule has 2 aromatic rings. The molecule has 0 aliphatic rings. The average molecular weight is 442 g/mol. The first-order valence-electron chi connectivity index (χ1n) is 8.80. The highest BCUT2D eigenvalue weighted by Gasteiger charge is 2.23. The third-order valence-corrected chi connectivity index (χ3v) is 5.48. The van der Waals surface area contributed by atoms with E-state index in [4.69, 9.17) is 20.5 Å². The number of ether oxygens (including phenoxy) is 1. The van der Waals surface area contributed by atoms with Gasteiger partial charge >= 0.3 is 16.2 Å². The standard InChI is InChI=1S/C20H24ClNO6S/c1-20(2,3)27-19(24)22(4)13-17(23)14-9-11-15(12-10-14)28-29(25,26)18-8-6-5-7-16(18)21/h5-12,17,23H,13H2,1-4H3. The van der Waals surface area contributed by atoms with Crippen molar-refractivity contribution in [3.8, 4) is 5.75 Å². The van der Waals surface area contributed by atoms with Crippen LogP contribution in [0.5, 0.6) is 5.75 Å². The number of amides is 1. The first-order valence-corrected chi connectivity index (χ1v) is 10.6. The van der Waals surface area contributed by atoms with Crippen LogP contribution in [-0.2, 0) is 14.9 Å². The fraction of sp³-hybridized carbons (Fsp3) is 0.350. The minimum absolute atomic E-state index is 0.00698. The molecular weight excluding hydrogens is 418 g/mol. The van der Waals surface area contributed by atoms with Gasteiger partial charge in [-0.1, -0.05) is 35.9 Å². The molecule has 1 atom stereocenters. The van der Waals surface area contributed by atoms with Crippen molar-refractivity contribution < 1.29 is 27.2 Å². The minimum atomic E-state index is -4.09. The van der Waals surface area contributed by atoms with Crippen LogP contribution in [-0.4, -0.2) is 43.7 Å². The molecule has 0 bridgehead atoms. The molecule has 0 heterocycles. The van der Waals surface area contributed by atoms with E-state index in [-0.39, 0.29) is 22.2 Å².